The number of methoxy groups -OCH3 is 1. The number of nitrogens with zero attached hydrogens (tertiary/aromatic N) is 3. The van der Waals surface area contributed by atoms with E-state index < -0.39 is 0 Å². The largest absolute Gasteiger partial charge is 0.493 e. The highest BCUT2D eigenvalue weighted by atomic mass is 16.5. The van der Waals surface area contributed by atoms with Gasteiger partial charge in [0.05, 0.1) is 25.6 Å². The summed E-state index contributed by atoms with van der Waals surface area (Å²) < 4.78 is 12.9. The van der Waals surface area contributed by atoms with Crippen molar-refractivity contribution < 1.29 is 9.47 Å². The van der Waals surface area contributed by atoms with Gasteiger partial charge in [-0.2, -0.15) is 5.10 Å². The van der Waals surface area contributed by atoms with E-state index in [-0.39, 0.29) is 0 Å². The van der Waals surface area contributed by atoms with Crippen LogP contribution in [0.1, 0.15) is 19.4 Å². The van der Waals surface area contributed by atoms with Crippen molar-refractivity contribution in [3.63, 3.8) is 0 Å². The van der Waals surface area contributed by atoms with E-state index in [1.807, 2.05) is 79.5 Å². The molecular formula is C23H29N5O2. The predicted molar refractivity (Wildman–Crippen MR) is 121 cm³/mol. The Morgan fingerprint density at radius 3 is 2.67 bits per heavy atom. The van der Waals surface area contributed by atoms with E-state index in [1.54, 1.807) is 7.11 Å². The second-order valence-corrected chi connectivity index (χ2v) is 6.56. The summed E-state index contributed by atoms with van der Waals surface area (Å²) in [5.41, 5.74) is 3.07. The quantitative estimate of drug-likeness (QED) is 0.416. The Hall–Kier alpha value is -3.48. The van der Waals surface area contributed by atoms with Crippen molar-refractivity contribution in [3.8, 4) is 17.2 Å². The first-order valence-electron chi connectivity index (χ1n) is 10.2. The molecule has 2 aromatic carbocycles. The van der Waals surface area contributed by atoms with E-state index in [1.165, 1.54) is 0 Å². The number of aromatic nitrogens is 2. The molecule has 7 nitrogen and oxygen atoms in total. The number of rotatable bonds is 9. The first-order chi connectivity index (χ1) is 14.7. The molecule has 0 bridgehead atoms. The molecule has 158 valence electrons. The van der Waals surface area contributed by atoms with Gasteiger partial charge >= 0.3 is 0 Å². The van der Waals surface area contributed by atoms with Gasteiger partial charge in [0.2, 0.25) is 0 Å². The van der Waals surface area contributed by atoms with Crippen molar-refractivity contribution in [2.75, 3.05) is 32.1 Å². The molecule has 0 amide bonds. The highest BCUT2D eigenvalue weighted by molar-refractivity contribution is 5.93. The number of benzene rings is 2. The molecule has 0 unspecified atom stereocenters. The van der Waals surface area contributed by atoms with Crippen LogP contribution in [0.2, 0.25) is 0 Å². The Bertz CT molecular complexity index is 953. The van der Waals surface area contributed by atoms with Crippen LogP contribution in [-0.4, -0.2) is 42.5 Å². The topological polar surface area (TPSA) is 72.7 Å². The Kier molecular flexibility index (Phi) is 7.71. The average Bonchev–Trinajstić information content (AvgIpc) is 3.24. The zero-order chi connectivity index (χ0) is 21.2. The molecule has 7 heteroatoms. The summed E-state index contributed by atoms with van der Waals surface area (Å²) in [7, 11) is 1.64. The Labute approximate surface area is 177 Å². The first-order valence-corrected chi connectivity index (χ1v) is 10.2. The van der Waals surface area contributed by atoms with Crippen LogP contribution >= 0.6 is 0 Å². The molecular weight excluding hydrogens is 378 g/mol. The van der Waals surface area contributed by atoms with Crippen LogP contribution in [0, 0.1) is 0 Å². The minimum atomic E-state index is 0.574. The molecule has 0 fully saturated rings. The maximum Gasteiger partial charge on any atom is 0.195 e. The highest BCUT2D eigenvalue weighted by Crippen LogP contribution is 2.30. The molecule has 1 heterocycles. The summed E-state index contributed by atoms with van der Waals surface area (Å²) in [5, 5.41) is 11.0. The third-order valence-corrected chi connectivity index (χ3v) is 4.40. The fraction of sp³-hybridized carbons (Fsp3) is 0.304. The van der Waals surface area contributed by atoms with Crippen LogP contribution in [-0.2, 0) is 6.42 Å². The molecule has 0 radical (unpaired) electrons. The zero-order valence-corrected chi connectivity index (χ0v) is 17.8. The number of nitrogens with one attached hydrogen (secondary N) is 2. The van der Waals surface area contributed by atoms with Gasteiger partial charge in [-0.05, 0) is 50.1 Å². The predicted octanol–water partition coefficient (Wildman–Crippen LogP) is 3.90. The van der Waals surface area contributed by atoms with E-state index >= 15 is 0 Å². The lowest BCUT2D eigenvalue weighted by Crippen LogP contribution is -2.30. The van der Waals surface area contributed by atoms with Crippen molar-refractivity contribution in [1.29, 1.82) is 0 Å². The molecule has 0 aliphatic heterocycles. The second kappa shape index (κ2) is 10.9. The number of hydrogen-bond donors (Lipinski definition) is 2. The molecule has 0 spiro atoms. The summed E-state index contributed by atoms with van der Waals surface area (Å²) >= 11 is 0. The van der Waals surface area contributed by atoms with Crippen molar-refractivity contribution in [2.24, 2.45) is 4.99 Å². The van der Waals surface area contributed by atoms with Gasteiger partial charge in [0.1, 0.15) is 0 Å². The normalized spacial score (nSPS) is 11.2. The van der Waals surface area contributed by atoms with Gasteiger partial charge in [0, 0.05) is 31.0 Å². The molecule has 0 aliphatic carbocycles. The van der Waals surface area contributed by atoms with E-state index in [2.05, 4.69) is 20.7 Å². The van der Waals surface area contributed by atoms with Crippen LogP contribution < -0.4 is 20.1 Å². The van der Waals surface area contributed by atoms with Crippen molar-refractivity contribution >= 4 is 11.6 Å². The number of ether oxygens (including phenoxy) is 2. The average molecular weight is 408 g/mol. The fourth-order valence-corrected chi connectivity index (χ4v) is 2.97. The molecule has 0 atom stereocenters. The van der Waals surface area contributed by atoms with Gasteiger partial charge < -0.3 is 20.1 Å². The zero-order valence-electron chi connectivity index (χ0n) is 17.8. The lowest BCUT2D eigenvalue weighted by molar-refractivity contribution is 0.311. The van der Waals surface area contributed by atoms with E-state index in [4.69, 9.17) is 9.47 Å². The van der Waals surface area contributed by atoms with Crippen LogP contribution in [0.4, 0.5) is 5.69 Å². The van der Waals surface area contributed by atoms with Gasteiger partial charge in [-0.1, -0.05) is 18.2 Å². The Morgan fingerprint density at radius 1 is 1.10 bits per heavy atom. The molecule has 0 saturated heterocycles. The van der Waals surface area contributed by atoms with Crippen molar-refractivity contribution in [2.45, 2.75) is 20.3 Å². The van der Waals surface area contributed by atoms with Gasteiger partial charge in [-0.3, -0.25) is 4.99 Å². The summed E-state index contributed by atoms with van der Waals surface area (Å²) in [6.45, 7) is 5.98. The molecule has 2 N–H and O–H groups in total. The Morgan fingerprint density at radius 2 is 1.93 bits per heavy atom. The maximum atomic E-state index is 5.65. The van der Waals surface area contributed by atoms with Gasteiger partial charge in [-0.15, -0.1) is 0 Å². The van der Waals surface area contributed by atoms with Crippen LogP contribution in [0.5, 0.6) is 11.5 Å². The third-order valence-electron chi connectivity index (χ3n) is 4.40. The monoisotopic (exact) mass is 407 g/mol. The summed E-state index contributed by atoms with van der Waals surface area (Å²) in [4.78, 5) is 4.69. The van der Waals surface area contributed by atoms with Crippen LogP contribution in [0.3, 0.4) is 0 Å². The van der Waals surface area contributed by atoms with Crippen LogP contribution in [0.15, 0.2) is 65.9 Å². The number of aliphatic imine (C=N–C) groups is 1. The highest BCUT2D eigenvalue weighted by Gasteiger charge is 2.07. The summed E-state index contributed by atoms with van der Waals surface area (Å²) in [6.07, 6.45) is 4.74. The smallest absolute Gasteiger partial charge is 0.195 e. The lowest BCUT2D eigenvalue weighted by Gasteiger charge is -2.14. The number of guanidine groups is 1. The molecule has 3 aromatic rings. The van der Waals surface area contributed by atoms with E-state index in [9.17, 15) is 0 Å². The summed E-state index contributed by atoms with van der Waals surface area (Å²) in [6, 6.07) is 15.8. The standard InChI is InChI=1S/C23H29N5O2/c1-4-24-23(27-19-11-12-21(29-3)22(15-19)30-5-2)25-14-13-18-16-26-28(17-18)20-9-7-6-8-10-20/h6-12,15-17H,4-5,13-14H2,1-3H3,(H2,24,25,27). The van der Waals surface area contributed by atoms with Gasteiger partial charge in [0.15, 0.2) is 17.5 Å². The third kappa shape index (κ3) is 5.76. The van der Waals surface area contributed by atoms with E-state index in [0.29, 0.717) is 24.7 Å². The lowest BCUT2D eigenvalue weighted by atomic mass is 10.2. The maximum absolute atomic E-state index is 5.65. The minimum absolute atomic E-state index is 0.574. The first kappa shape index (κ1) is 21.2. The molecule has 1 aromatic heterocycles. The SMILES string of the molecule is CCNC(=NCCc1cnn(-c2ccccc2)c1)Nc1ccc(OC)c(OCC)c1. The molecule has 30 heavy (non-hydrogen) atoms. The number of anilines is 1. The van der Waals surface area contributed by atoms with Gasteiger partial charge in [0.25, 0.3) is 0 Å². The molecule has 3 rings (SSSR count). The van der Waals surface area contributed by atoms with Crippen LogP contribution in [0.25, 0.3) is 5.69 Å². The van der Waals surface area contributed by atoms with E-state index in [0.717, 1.165) is 35.9 Å². The van der Waals surface area contributed by atoms with Crippen molar-refractivity contribution in [3.05, 3.63) is 66.5 Å². The second-order valence-electron chi connectivity index (χ2n) is 6.56. The molecule has 0 saturated carbocycles. The molecule has 0 aliphatic rings. The summed E-state index contributed by atoms with van der Waals surface area (Å²) in [5.74, 6) is 2.13. The Balaban J connectivity index is 1.64. The van der Waals surface area contributed by atoms with Crippen molar-refractivity contribution in [1.82, 2.24) is 15.1 Å². The minimum Gasteiger partial charge on any atom is -0.493 e. The fourth-order valence-electron chi connectivity index (χ4n) is 2.97. The number of para-hydroxylation sites is 1. The number of hydrogen-bond acceptors (Lipinski definition) is 4. The van der Waals surface area contributed by atoms with Gasteiger partial charge in [-0.25, -0.2) is 4.68 Å².